The summed E-state index contributed by atoms with van der Waals surface area (Å²) in [5, 5.41) is 12.6. The lowest BCUT2D eigenvalue weighted by Gasteiger charge is -2.38. The van der Waals surface area contributed by atoms with E-state index >= 15 is 0 Å². The highest BCUT2D eigenvalue weighted by Gasteiger charge is 2.36. The van der Waals surface area contributed by atoms with E-state index in [-0.39, 0.29) is 5.91 Å². The van der Waals surface area contributed by atoms with E-state index in [0.717, 1.165) is 16.5 Å². The Morgan fingerprint density at radius 3 is 2.23 bits per heavy atom. The van der Waals surface area contributed by atoms with Crippen LogP contribution in [-0.2, 0) is 12.6 Å². The van der Waals surface area contributed by atoms with Crippen LogP contribution >= 0.6 is 11.6 Å². The maximum Gasteiger partial charge on any atom is 0.270 e. The molecule has 1 saturated heterocycles. The zero-order valence-electron chi connectivity index (χ0n) is 17.3. The van der Waals surface area contributed by atoms with Crippen molar-refractivity contribution < 1.29 is 19.4 Å². The van der Waals surface area contributed by atoms with Gasteiger partial charge in [-0.25, -0.2) is 0 Å². The molecule has 30 heavy (non-hydrogen) atoms. The molecule has 0 radical (unpaired) electrons. The van der Waals surface area contributed by atoms with Crippen LogP contribution in [0, 0.1) is 0 Å². The molecule has 0 atom stereocenters. The quantitative estimate of drug-likeness (QED) is 0.682. The van der Waals surface area contributed by atoms with Crippen LogP contribution in [0.25, 0.3) is 10.9 Å². The SMILES string of the molecule is COc1ccc(OC)c2c1cc(C(=O)N1CCC(O)(c3ccc(Cl)cc3)CC1)n2C. The monoisotopic (exact) mass is 428 g/mol. The minimum atomic E-state index is -0.952. The van der Waals surface area contributed by atoms with Crippen LogP contribution in [0.3, 0.4) is 0 Å². The van der Waals surface area contributed by atoms with E-state index in [1.807, 2.05) is 41.9 Å². The highest BCUT2D eigenvalue weighted by atomic mass is 35.5. The van der Waals surface area contributed by atoms with Crippen molar-refractivity contribution in [1.82, 2.24) is 9.47 Å². The number of nitrogens with zero attached hydrogens (tertiary/aromatic N) is 2. The summed E-state index contributed by atoms with van der Waals surface area (Å²) in [7, 11) is 5.07. The first-order valence-corrected chi connectivity index (χ1v) is 10.2. The average Bonchev–Trinajstić information content (AvgIpc) is 3.11. The number of halogens is 1. The lowest BCUT2D eigenvalue weighted by molar-refractivity contribution is -0.0213. The number of ether oxygens (including phenoxy) is 2. The molecule has 7 heteroatoms. The molecule has 6 nitrogen and oxygen atoms in total. The lowest BCUT2D eigenvalue weighted by atomic mass is 9.84. The summed E-state index contributed by atoms with van der Waals surface area (Å²) in [6.07, 6.45) is 0.938. The number of aliphatic hydroxyl groups is 1. The van der Waals surface area contributed by atoms with E-state index in [0.29, 0.717) is 48.1 Å². The fourth-order valence-corrected chi connectivity index (χ4v) is 4.37. The third-order valence-corrected chi connectivity index (χ3v) is 6.29. The summed E-state index contributed by atoms with van der Waals surface area (Å²) < 4.78 is 12.8. The van der Waals surface area contributed by atoms with Crippen LogP contribution < -0.4 is 9.47 Å². The number of aryl methyl sites for hydroxylation is 1. The van der Waals surface area contributed by atoms with Gasteiger partial charge in [0.15, 0.2) is 0 Å². The van der Waals surface area contributed by atoms with E-state index in [1.165, 1.54) is 0 Å². The van der Waals surface area contributed by atoms with Crippen LogP contribution in [0.4, 0.5) is 0 Å². The number of fused-ring (bicyclic) bond motifs is 1. The molecule has 0 unspecified atom stereocenters. The molecule has 1 aliphatic heterocycles. The zero-order valence-corrected chi connectivity index (χ0v) is 18.1. The number of likely N-dealkylation sites (tertiary alicyclic amines) is 1. The molecule has 0 spiro atoms. The summed E-state index contributed by atoms with van der Waals surface area (Å²) >= 11 is 5.97. The predicted molar refractivity (Wildman–Crippen MR) is 117 cm³/mol. The average molecular weight is 429 g/mol. The van der Waals surface area contributed by atoms with Crippen LogP contribution in [-0.4, -0.2) is 47.8 Å². The number of hydrogen-bond acceptors (Lipinski definition) is 4. The van der Waals surface area contributed by atoms with Gasteiger partial charge in [-0.15, -0.1) is 0 Å². The second-order valence-corrected chi connectivity index (χ2v) is 8.09. The molecule has 3 aromatic rings. The number of carbonyl (C=O) groups excluding carboxylic acids is 1. The van der Waals surface area contributed by atoms with Gasteiger partial charge in [-0.1, -0.05) is 23.7 Å². The second kappa shape index (κ2) is 7.85. The van der Waals surface area contributed by atoms with Crippen LogP contribution in [0.1, 0.15) is 28.9 Å². The molecule has 0 aliphatic carbocycles. The largest absolute Gasteiger partial charge is 0.496 e. The molecule has 1 aliphatic rings. The Labute approximate surface area is 180 Å². The summed E-state index contributed by atoms with van der Waals surface area (Å²) in [5.41, 5.74) is 1.25. The van der Waals surface area contributed by atoms with Crippen LogP contribution in [0.2, 0.25) is 5.02 Å². The Hall–Kier alpha value is -2.70. The van der Waals surface area contributed by atoms with Crippen molar-refractivity contribution in [1.29, 1.82) is 0 Å². The van der Waals surface area contributed by atoms with Gasteiger partial charge >= 0.3 is 0 Å². The number of aromatic nitrogens is 1. The first-order chi connectivity index (χ1) is 14.4. The number of benzene rings is 2. The molecule has 4 rings (SSSR count). The number of piperidine rings is 1. The van der Waals surface area contributed by atoms with Crippen molar-refractivity contribution in [3.05, 3.63) is 58.7 Å². The molecule has 1 aromatic heterocycles. The maximum atomic E-state index is 13.3. The number of hydrogen-bond donors (Lipinski definition) is 1. The minimum absolute atomic E-state index is 0.0732. The standard InChI is InChI=1S/C23H25ClN2O4/c1-25-18(14-17-19(29-2)8-9-20(30-3)21(17)25)22(27)26-12-10-23(28,11-13-26)15-4-6-16(24)7-5-15/h4-9,14,28H,10-13H2,1-3H3. The molecule has 1 fully saturated rings. The second-order valence-electron chi connectivity index (χ2n) is 7.65. The van der Waals surface area contributed by atoms with Crippen molar-refractivity contribution in [2.75, 3.05) is 27.3 Å². The Morgan fingerprint density at radius 2 is 1.63 bits per heavy atom. The molecule has 0 saturated carbocycles. The third kappa shape index (κ3) is 3.40. The van der Waals surface area contributed by atoms with Crippen LogP contribution in [0.15, 0.2) is 42.5 Å². The van der Waals surface area contributed by atoms with Gasteiger partial charge in [0.2, 0.25) is 0 Å². The summed E-state index contributed by atoms with van der Waals surface area (Å²) in [6, 6.07) is 12.8. The number of methoxy groups -OCH3 is 2. The molecule has 1 amide bonds. The highest BCUT2D eigenvalue weighted by Crippen LogP contribution is 2.37. The lowest BCUT2D eigenvalue weighted by Crippen LogP contribution is -2.45. The maximum absolute atomic E-state index is 13.3. The van der Waals surface area contributed by atoms with Gasteiger partial charge in [0.05, 0.1) is 25.3 Å². The zero-order chi connectivity index (χ0) is 21.5. The van der Waals surface area contributed by atoms with Crippen molar-refractivity contribution in [3.8, 4) is 11.5 Å². The van der Waals surface area contributed by atoms with Crippen LogP contribution in [0.5, 0.6) is 11.5 Å². The predicted octanol–water partition coefficient (Wildman–Crippen LogP) is 3.97. The van der Waals surface area contributed by atoms with Gasteiger partial charge in [-0.3, -0.25) is 4.79 Å². The van der Waals surface area contributed by atoms with Crippen molar-refractivity contribution in [3.63, 3.8) is 0 Å². The topological polar surface area (TPSA) is 63.9 Å². The van der Waals surface area contributed by atoms with Crippen molar-refractivity contribution >= 4 is 28.4 Å². The first kappa shape index (κ1) is 20.6. The Balaban J connectivity index is 1.59. The number of amides is 1. The van der Waals surface area contributed by atoms with Gasteiger partial charge in [0.25, 0.3) is 5.91 Å². The number of carbonyl (C=O) groups is 1. The van der Waals surface area contributed by atoms with Gasteiger partial charge in [-0.05, 0) is 48.7 Å². The molecular weight excluding hydrogens is 404 g/mol. The third-order valence-electron chi connectivity index (χ3n) is 6.04. The van der Waals surface area contributed by atoms with E-state index in [2.05, 4.69) is 0 Å². The van der Waals surface area contributed by atoms with E-state index in [4.69, 9.17) is 21.1 Å². The smallest absolute Gasteiger partial charge is 0.270 e. The first-order valence-electron chi connectivity index (χ1n) is 9.86. The van der Waals surface area contributed by atoms with Crippen molar-refractivity contribution in [2.45, 2.75) is 18.4 Å². The Kier molecular flexibility index (Phi) is 5.38. The fraction of sp³-hybridized carbons (Fsp3) is 0.348. The summed E-state index contributed by atoms with van der Waals surface area (Å²) in [6.45, 7) is 0.932. The van der Waals surface area contributed by atoms with Crippen molar-refractivity contribution in [2.24, 2.45) is 7.05 Å². The molecule has 2 aromatic carbocycles. The van der Waals surface area contributed by atoms with Gasteiger partial charge in [-0.2, -0.15) is 0 Å². The highest BCUT2D eigenvalue weighted by molar-refractivity contribution is 6.30. The number of rotatable bonds is 4. The molecule has 1 N–H and O–H groups in total. The fourth-order valence-electron chi connectivity index (χ4n) is 4.25. The normalized spacial score (nSPS) is 16.0. The Bertz CT molecular complexity index is 1080. The van der Waals surface area contributed by atoms with Gasteiger partial charge in [0, 0.05) is 30.5 Å². The van der Waals surface area contributed by atoms with E-state index in [9.17, 15) is 9.90 Å². The summed E-state index contributed by atoms with van der Waals surface area (Å²) in [4.78, 5) is 15.1. The van der Waals surface area contributed by atoms with E-state index in [1.54, 1.807) is 31.3 Å². The van der Waals surface area contributed by atoms with Gasteiger partial charge < -0.3 is 24.0 Å². The molecule has 158 valence electrons. The molecule has 0 bridgehead atoms. The summed E-state index contributed by atoms with van der Waals surface area (Å²) in [5.74, 6) is 1.30. The van der Waals surface area contributed by atoms with E-state index < -0.39 is 5.60 Å². The minimum Gasteiger partial charge on any atom is -0.496 e. The van der Waals surface area contributed by atoms with Gasteiger partial charge in [0.1, 0.15) is 17.2 Å². The molecule has 2 heterocycles. The molecular formula is C23H25ClN2O4. The Morgan fingerprint density at radius 1 is 1.03 bits per heavy atom.